The van der Waals surface area contributed by atoms with Gasteiger partial charge in [0.15, 0.2) is 0 Å². The summed E-state index contributed by atoms with van der Waals surface area (Å²) in [5.74, 6) is 0.767. The SMILES string of the molecule is CCCN(CCC)C(=O)c1cccc(C(=O)N[C@@H](Cc2ccccc2)[C@H](C[C@@H](C)c2nncn2CC(C)C)N=[N+]=[N-])c1. The molecule has 3 rings (SSSR count). The zero-order chi connectivity index (χ0) is 30.5. The van der Waals surface area contributed by atoms with E-state index >= 15 is 0 Å². The molecule has 3 atom stereocenters. The van der Waals surface area contributed by atoms with Crippen molar-refractivity contribution in [2.75, 3.05) is 13.1 Å². The maximum absolute atomic E-state index is 13.6. The molecule has 224 valence electrons. The topological polar surface area (TPSA) is 129 Å². The van der Waals surface area contributed by atoms with E-state index in [2.05, 4.69) is 39.4 Å². The minimum Gasteiger partial charge on any atom is -0.349 e. The lowest BCUT2D eigenvalue weighted by Crippen LogP contribution is -2.44. The van der Waals surface area contributed by atoms with E-state index in [-0.39, 0.29) is 17.7 Å². The van der Waals surface area contributed by atoms with Crippen molar-refractivity contribution in [1.29, 1.82) is 0 Å². The number of rotatable bonds is 16. The van der Waals surface area contributed by atoms with Gasteiger partial charge in [-0.15, -0.1) is 10.2 Å². The van der Waals surface area contributed by atoms with Crippen LogP contribution in [0.5, 0.6) is 0 Å². The second-order valence-electron chi connectivity index (χ2n) is 11.3. The second kappa shape index (κ2) is 16.3. The molecule has 1 N–H and O–H groups in total. The number of amides is 2. The fraction of sp³-hybridized carbons (Fsp3) is 0.500. The van der Waals surface area contributed by atoms with Gasteiger partial charge in [-0.25, -0.2) is 0 Å². The fourth-order valence-electron chi connectivity index (χ4n) is 5.24. The number of nitrogens with zero attached hydrogens (tertiary/aromatic N) is 7. The zero-order valence-electron chi connectivity index (χ0n) is 25.5. The average Bonchev–Trinajstić information content (AvgIpc) is 3.44. The molecule has 42 heavy (non-hydrogen) atoms. The third-order valence-electron chi connectivity index (χ3n) is 7.17. The Bertz CT molecular complexity index is 1330. The van der Waals surface area contributed by atoms with E-state index < -0.39 is 12.1 Å². The number of carbonyl (C=O) groups excluding carboxylic acids is 2. The Hall–Kier alpha value is -4.17. The van der Waals surface area contributed by atoms with E-state index in [0.717, 1.165) is 30.8 Å². The molecule has 0 aliphatic carbocycles. The molecule has 0 unspecified atom stereocenters. The van der Waals surface area contributed by atoms with Crippen LogP contribution in [0.15, 0.2) is 66.0 Å². The Labute approximate surface area is 249 Å². The monoisotopic (exact) mass is 572 g/mol. The predicted octanol–water partition coefficient (Wildman–Crippen LogP) is 6.41. The molecule has 0 saturated heterocycles. The van der Waals surface area contributed by atoms with E-state index in [1.54, 1.807) is 30.6 Å². The third-order valence-corrected chi connectivity index (χ3v) is 7.17. The summed E-state index contributed by atoms with van der Waals surface area (Å²) in [5, 5.41) is 15.8. The van der Waals surface area contributed by atoms with Gasteiger partial charge >= 0.3 is 0 Å². The molecule has 0 bridgehead atoms. The first-order valence-electron chi connectivity index (χ1n) is 14.9. The van der Waals surface area contributed by atoms with E-state index in [1.807, 2.05) is 60.6 Å². The van der Waals surface area contributed by atoms with Crippen molar-refractivity contribution in [3.63, 3.8) is 0 Å². The summed E-state index contributed by atoms with van der Waals surface area (Å²) in [5.41, 5.74) is 11.4. The van der Waals surface area contributed by atoms with Crippen LogP contribution in [0.25, 0.3) is 10.4 Å². The van der Waals surface area contributed by atoms with Gasteiger partial charge in [-0.3, -0.25) is 9.59 Å². The van der Waals surface area contributed by atoms with Gasteiger partial charge in [-0.2, -0.15) is 0 Å². The molecule has 2 amide bonds. The van der Waals surface area contributed by atoms with Gasteiger partial charge in [0.2, 0.25) is 0 Å². The van der Waals surface area contributed by atoms with Gasteiger partial charge in [0.1, 0.15) is 12.2 Å². The molecule has 0 saturated carbocycles. The number of carbonyl (C=O) groups is 2. The van der Waals surface area contributed by atoms with E-state index in [9.17, 15) is 15.1 Å². The van der Waals surface area contributed by atoms with Crippen molar-refractivity contribution in [2.45, 2.75) is 84.8 Å². The summed E-state index contributed by atoms with van der Waals surface area (Å²) < 4.78 is 2.04. The van der Waals surface area contributed by atoms with Crippen molar-refractivity contribution < 1.29 is 9.59 Å². The quantitative estimate of drug-likeness (QED) is 0.121. The van der Waals surface area contributed by atoms with Crippen LogP contribution in [0.3, 0.4) is 0 Å². The third kappa shape index (κ3) is 9.17. The van der Waals surface area contributed by atoms with Crippen LogP contribution in [0, 0.1) is 5.92 Å². The maximum atomic E-state index is 13.6. The second-order valence-corrected chi connectivity index (χ2v) is 11.3. The molecule has 2 aromatic carbocycles. The molecule has 0 radical (unpaired) electrons. The highest BCUT2D eigenvalue weighted by Gasteiger charge is 2.28. The standard InChI is InChI=1S/C32H44N8O2/c1-6-16-39(17-7-2)32(42)27-15-11-14-26(20-27)31(41)35-28(19-25-12-9-8-10-13-25)29(36-38-33)18-24(5)30-37-34-22-40(30)21-23(3)4/h8-15,20,22-24,28-29H,6-7,16-19,21H2,1-5H3,(H,35,41)/t24-,28+,29+/m1/s1. The highest BCUT2D eigenvalue weighted by molar-refractivity contribution is 5.99. The van der Waals surface area contributed by atoms with E-state index in [1.165, 1.54) is 0 Å². The summed E-state index contributed by atoms with van der Waals surface area (Å²) >= 11 is 0. The van der Waals surface area contributed by atoms with Crippen molar-refractivity contribution >= 4 is 11.8 Å². The van der Waals surface area contributed by atoms with Crippen LogP contribution >= 0.6 is 0 Å². The van der Waals surface area contributed by atoms with Crippen molar-refractivity contribution in [1.82, 2.24) is 25.0 Å². The molecule has 1 heterocycles. The Morgan fingerprint density at radius 1 is 1.02 bits per heavy atom. The lowest BCUT2D eigenvalue weighted by molar-refractivity contribution is 0.0755. The molecule has 0 aliphatic rings. The van der Waals surface area contributed by atoms with E-state index in [0.29, 0.717) is 43.0 Å². The largest absolute Gasteiger partial charge is 0.349 e. The normalized spacial score (nSPS) is 13.2. The highest BCUT2D eigenvalue weighted by Crippen LogP contribution is 2.24. The van der Waals surface area contributed by atoms with Gasteiger partial charge in [0.25, 0.3) is 11.8 Å². The van der Waals surface area contributed by atoms with Crippen LogP contribution < -0.4 is 5.32 Å². The maximum Gasteiger partial charge on any atom is 0.253 e. The molecule has 3 aromatic rings. The molecule has 1 aromatic heterocycles. The number of aromatic nitrogens is 3. The number of benzene rings is 2. The minimum atomic E-state index is -0.548. The van der Waals surface area contributed by atoms with Crippen molar-refractivity contribution in [2.24, 2.45) is 11.0 Å². The smallest absolute Gasteiger partial charge is 0.253 e. The lowest BCUT2D eigenvalue weighted by Gasteiger charge is -2.27. The predicted molar refractivity (Wildman–Crippen MR) is 165 cm³/mol. The van der Waals surface area contributed by atoms with Gasteiger partial charge in [0, 0.05) is 47.6 Å². The zero-order valence-corrected chi connectivity index (χ0v) is 25.5. The Balaban J connectivity index is 1.88. The van der Waals surface area contributed by atoms with Crippen LogP contribution in [0.2, 0.25) is 0 Å². The Morgan fingerprint density at radius 3 is 2.36 bits per heavy atom. The van der Waals surface area contributed by atoms with Crippen molar-refractivity contribution in [3.8, 4) is 0 Å². The van der Waals surface area contributed by atoms with E-state index in [4.69, 9.17) is 0 Å². The summed E-state index contributed by atoms with van der Waals surface area (Å²) in [6, 6.07) is 15.6. The number of hydrogen-bond donors (Lipinski definition) is 1. The van der Waals surface area contributed by atoms with Crippen LogP contribution in [-0.2, 0) is 13.0 Å². The van der Waals surface area contributed by atoms with Gasteiger partial charge in [-0.1, -0.05) is 76.1 Å². The minimum absolute atomic E-state index is 0.0685. The summed E-state index contributed by atoms with van der Waals surface area (Å²) in [6.45, 7) is 12.5. The fourth-order valence-corrected chi connectivity index (χ4v) is 5.24. The number of hydrogen-bond acceptors (Lipinski definition) is 5. The molecule has 0 aliphatic heterocycles. The van der Waals surface area contributed by atoms with Crippen LogP contribution in [0.4, 0.5) is 0 Å². The first-order chi connectivity index (χ1) is 20.3. The molecule has 0 fully saturated rings. The summed E-state index contributed by atoms with van der Waals surface area (Å²) in [4.78, 5) is 31.8. The first-order valence-corrected chi connectivity index (χ1v) is 14.9. The Kier molecular flexibility index (Phi) is 12.6. The highest BCUT2D eigenvalue weighted by atomic mass is 16.2. The van der Waals surface area contributed by atoms with Crippen LogP contribution in [0.1, 0.15) is 91.9 Å². The molecular formula is C32H44N8O2. The van der Waals surface area contributed by atoms with Gasteiger partial charge < -0.3 is 14.8 Å². The van der Waals surface area contributed by atoms with Crippen LogP contribution in [-0.4, -0.2) is 56.7 Å². The average molecular weight is 573 g/mol. The van der Waals surface area contributed by atoms with Gasteiger partial charge in [-0.05, 0) is 60.9 Å². The van der Waals surface area contributed by atoms with Crippen molar-refractivity contribution in [3.05, 3.63) is 93.9 Å². The number of azide groups is 1. The Morgan fingerprint density at radius 2 is 1.71 bits per heavy atom. The summed E-state index contributed by atoms with van der Waals surface area (Å²) in [7, 11) is 0. The summed E-state index contributed by atoms with van der Waals surface area (Å²) in [6.07, 6.45) is 4.40. The molecular weight excluding hydrogens is 528 g/mol. The molecule has 10 nitrogen and oxygen atoms in total. The molecule has 10 heteroatoms. The lowest BCUT2D eigenvalue weighted by atomic mass is 9.91. The van der Waals surface area contributed by atoms with Gasteiger partial charge in [0.05, 0.1) is 6.04 Å². The molecule has 0 spiro atoms. The first kappa shape index (κ1) is 32.3. The number of nitrogens with one attached hydrogen (secondary N) is 1.